The third kappa shape index (κ3) is 4.54. The Hall–Kier alpha value is 0.608. The Bertz CT molecular complexity index is 153. The maximum Gasteiger partial charge on any atom is 2.00 e. The summed E-state index contributed by atoms with van der Waals surface area (Å²) in [5.41, 5.74) is 0. The van der Waals surface area contributed by atoms with E-state index in [0.717, 1.165) is 12.0 Å². The molecule has 0 N–H and O–H groups in total. The van der Waals surface area contributed by atoms with E-state index < -0.39 is 0 Å². The van der Waals surface area contributed by atoms with Gasteiger partial charge in [-0.25, -0.2) is 0 Å². The summed E-state index contributed by atoms with van der Waals surface area (Å²) in [6, 6.07) is 0.807. The van der Waals surface area contributed by atoms with Crippen LogP contribution in [0.3, 0.4) is 0 Å². The quantitative estimate of drug-likeness (QED) is 0.594. The normalized spacial score (nSPS) is 30.4. The molecule has 0 aromatic rings. The van der Waals surface area contributed by atoms with Crippen LogP contribution in [0.1, 0.15) is 27.2 Å². The topological polar surface area (TPSA) is 6.48 Å². The SMILES string of the molecule is C.[CH2-]C.[CH2-]N1CCC2CCN(C)C2C1.[W+2]. The minimum absolute atomic E-state index is 0. The molecule has 0 aromatic carbocycles. The number of likely N-dealkylation sites (tertiary alicyclic amines) is 2. The van der Waals surface area contributed by atoms with Crippen molar-refractivity contribution in [2.75, 3.05) is 26.7 Å². The molecule has 2 saturated heterocycles. The average molecular weight is 382 g/mol. The molecule has 0 aliphatic carbocycles. The van der Waals surface area contributed by atoms with Gasteiger partial charge in [0, 0.05) is 6.04 Å². The summed E-state index contributed by atoms with van der Waals surface area (Å²) < 4.78 is 0. The molecule has 0 radical (unpaired) electrons. The molecule has 2 nitrogen and oxygen atoms in total. The smallest absolute Gasteiger partial charge is 0.458 e. The molecule has 3 heteroatoms. The van der Waals surface area contributed by atoms with Crippen molar-refractivity contribution in [3.63, 3.8) is 0 Å². The Labute approximate surface area is 111 Å². The van der Waals surface area contributed by atoms with Gasteiger partial charge >= 0.3 is 21.1 Å². The van der Waals surface area contributed by atoms with Crippen LogP contribution in [0.5, 0.6) is 0 Å². The van der Waals surface area contributed by atoms with Crippen LogP contribution in [0.4, 0.5) is 0 Å². The fourth-order valence-electron chi connectivity index (χ4n) is 2.42. The van der Waals surface area contributed by atoms with Gasteiger partial charge in [0.1, 0.15) is 0 Å². The van der Waals surface area contributed by atoms with Crippen LogP contribution in [-0.2, 0) is 21.1 Å². The van der Waals surface area contributed by atoms with Gasteiger partial charge in [-0.1, -0.05) is 7.43 Å². The van der Waals surface area contributed by atoms with E-state index in [9.17, 15) is 0 Å². The largest absolute Gasteiger partial charge is 2.00 e. The molecule has 0 saturated carbocycles. The summed E-state index contributed by atoms with van der Waals surface area (Å²) >= 11 is 0. The molecule has 2 rings (SSSR count). The van der Waals surface area contributed by atoms with E-state index in [2.05, 4.69) is 30.8 Å². The predicted molar refractivity (Wildman–Crippen MR) is 63.8 cm³/mol. The molecule has 0 bridgehead atoms. The van der Waals surface area contributed by atoms with E-state index >= 15 is 0 Å². The zero-order chi connectivity index (χ0) is 9.84. The average Bonchev–Trinajstić information content (AvgIpc) is 2.52. The third-order valence-electron chi connectivity index (χ3n) is 3.22. The molecular weight excluding hydrogens is 356 g/mol. The summed E-state index contributed by atoms with van der Waals surface area (Å²) in [4.78, 5) is 4.70. The summed E-state index contributed by atoms with van der Waals surface area (Å²) in [5.74, 6) is 0.970. The Balaban J connectivity index is 0. The molecule has 2 aliphatic heterocycles. The minimum atomic E-state index is 0. The Morgan fingerprint density at radius 1 is 1.13 bits per heavy atom. The first-order valence-electron chi connectivity index (χ1n) is 5.24. The van der Waals surface area contributed by atoms with Gasteiger partial charge in [-0.2, -0.15) is 6.92 Å². The first-order valence-corrected chi connectivity index (χ1v) is 5.24. The molecule has 2 unspecified atom stereocenters. The van der Waals surface area contributed by atoms with E-state index in [0.29, 0.717) is 0 Å². The van der Waals surface area contributed by atoms with Crippen LogP contribution in [0.15, 0.2) is 0 Å². The van der Waals surface area contributed by atoms with Gasteiger partial charge in [0.2, 0.25) is 0 Å². The monoisotopic (exact) mass is 382 g/mol. The molecule has 2 atom stereocenters. The molecule has 90 valence electrons. The van der Waals surface area contributed by atoms with Crippen molar-refractivity contribution in [2.45, 2.75) is 33.2 Å². The standard InChI is InChI=1S/C9H17N2.C2H5.CH4.W/c1-10-5-3-8-4-6-11(2)9(8)7-10;1-2;;/h8-9H,1,3-7H2,2H3;1H2,2H3;1H4;/q2*-1;;+2. The summed E-state index contributed by atoms with van der Waals surface area (Å²) in [5, 5.41) is 0. The number of rotatable bonds is 0. The maximum absolute atomic E-state index is 4.00. The van der Waals surface area contributed by atoms with Crippen molar-refractivity contribution in [2.24, 2.45) is 5.92 Å². The molecule has 2 heterocycles. The number of nitrogens with zero attached hydrogens (tertiary/aromatic N) is 2. The van der Waals surface area contributed by atoms with E-state index in [1.165, 1.54) is 32.5 Å². The van der Waals surface area contributed by atoms with Gasteiger partial charge in [0.25, 0.3) is 0 Å². The van der Waals surface area contributed by atoms with Gasteiger partial charge in [-0.05, 0) is 45.4 Å². The van der Waals surface area contributed by atoms with Gasteiger partial charge in [-0.15, -0.1) is 0 Å². The van der Waals surface area contributed by atoms with Crippen LogP contribution in [-0.4, -0.2) is 42.5 Å². The second-order valence-corrected chi connectivity index (χ2v) is 3.96. The first kappa shape index (κ1) is 18.0. The summed E-state index contributed by atoms with van der Waals surface area (Å²) in [7, 11) is 6.24. The maximum atomic E-state index is 4.00. The Kier molecular flexibility index (Phi) is 10.5. The molecule has 15 heavy (non-hydrogen) atoms. The number of likely N-dealkylation sites (N-methyl/N-ethyl adjacent to an activating group) is 1. The fraction of sp³-hybridized carbons (Fsp3) is 0.833. The van der Waals surface area contributed by atoms with Gasteiger partial charge in [-0.3, -0.25) is 7.05 Å². The minimum Gasteiger partial charge on any atom is -0.458 e. The van der Waals surface area contributed by atoms with Crippen molar-refractivity contribution in [1.29, 1.82) is 0 Å². The van der Waals surface area contributed by atoms with Gasteiger partial charge in [0.15, 0.2) is 0 Å². The van der Waals surface area contributed by atoms with Gasteiger partial charge in [0.05, 0.1) is 0 Å². The molecule has 0 aromatic heterocycles. The van der Waals surface area contributed by atoms with Crippen molar-refractivity contribution < 1.29 is 21.1 Å². The van der Waals surface area contributed by atoms with Crippen molar-refractivity contribution in [1.82, 2.24) is 9.80 Å². The molecule has 2 fully saturated rings. The van der Waals surface area contributed by atoms with E-state index in [1.54, 1.807) is 6.92 Å². The predicted octanol–water partition coefficient (Wildman–Crippen LogP) is 2.28. The number of hydrogen-bond acceptors (Lipinski definition) is 2. The molecule has 0 spiro atoms. The second-order valence-electron chi connectivity index (χ2n) is 3.96. The van der Waals surface area contributed by atoms with Crippen LogP contribution in [0.25, 0.3) is 0 Å². The fourth-order valence-corrected chi connectivity index (χ4v) is 2.42. The summed E-state index contributed by atoms with van der Waals surface area (Å²) in [6.45, 7) is 8.68. The van der Waals surface area contributed by atoms with Crippen molar-refractivity contribution in [3.05, 3.63) is 14.0 Å². The third-order valence-corrected chi connectivity index (χ3v) is 3.22. The Morgan fingerprint density at radius 3 is 2.27 bits per heavy atom. The van der Waals surface area contributed by atoms with Crippen LogP contribution < -0.4 is 0 Å². The van der Waals surface area contributed by atoms with Crippen molar-refractivity contribution >= 4 is 0 Å². The van der Waals surface area contributed by atoms with Crippen LogP contribution in [0.2, 0.25) is 0 Å². The number of fused-ring (bicyclic) bond motifs is 1. The van der Waals surface area contributed by atoms with Crippen molar-refractivity contribution in [3.8, 4) is 0 Å². The Morgan fingerprint density at radius 2 is 1.67 bits per heavy atom. The van der Waals surface area contributed by atoms with E-state index in [-0.39, 0.29) is 28.5 Å². The zero-order valence-electron chi connectivity index (χ0n) is 9.41. The number of hydrogen-bond donors (Lipinski definition) is 0. The molecular formula is C12H26N2W. The summed E-state index contributed by atoms with van der Waals surface area (Å²) in [6.07, 6.45) is 2.77. The first-order chi connectivity index (χ1) is 6.27. The molecule has 0 amide bonds. The zero-order valence-corrected chi connectivity index (χ0v) is 12.3. The molecule has 2 aliphatic rings. The second kappa shape index (κ2) is 8.73. The van der Waals surface area contributed by atoms with E-state index in [1.807, 2.05) is 0 Å². The van der Waals surface area contributed by atoms with Gasteiger partial charge < -0.3 is 16.7 Å². The van der Waals surface area contributed by atoms with E-state index in [4.69, 9.17) is 0 Å². The van der Waals surface area contributed by atoms with Crippen LogP contribution in [0, 0.1) is 19.9 Å². The van der Waals surface area contributed by atoms with Crippen LogP contribution >= 0.6 is 0 Å². The number of piperidine rings is 1.